The monoisotopic (exact) mass is 268 g/mol. The van der Waals surface area contributed by atoms with Crippen LogP contribution in [0.2, 0.25) is 0 Å². The van der Waals surface area contributed by atoms with E-state index in [-0.39, 0.29) is 6.54 Å². The van der Waals surface area contributed by atoms with Gasteiger partial charge in [-0.15, -0.1) is 0 Å². The molecule has 3 N–H and O–H groups in total. The molecule has 8 heteroatoms. The molecule has 0 spiro atoms. The van der Waals surface area contributed by atoms with E-state index in [9.17, 15) is 26.7 Å². The summed E-state index contributed by atoms with van der Waals surface area (Å²) in [6.45, 7) is 0.981. The number of anilines is 1. The third-order valence-corrected chi connectivity index (χ3v) is 2.28. The number of amides is 1. The van der Waals surface area contributed by atoms with Crippen LogP contribution in [0, 0.1) is 35.0 Å². The van der Waals surface area contributed by atoms with E-state index in [1.165, 1.54) is 6.92 Å². The molecule has 1 atom stereocenters. The lowest BCUT2D eigenvalue weighted by Crippen LogP contribution is -2.27. The molecule has 1 unspecified atom stereocenters. The van der Waals surface area contributed by atoms with Crippen LogP contribution >= 0.6 is 0 Å². The average Bonchev–Trinajstić information content (AvgIpc) is 2.33. The average molecular weight is 268 g/mol. The van der Waals surface area contributed by atoms with Gasteiger partial charge in [0.25, 0.3) is 0 Å². The van der Waals surface area contributed by atoms with Gasteiger partial charge in [-0.2, -0.15) is 0 Å². The molecule has 0 aliphatic rings. The lowest BCUT2D eigenvalue weighted by molar-refractivity contribution is -0.120. The van der Waals surface area contributed by atoms with Crippen LogP contribution in [0.5, 0.6) is 0 Å². The molecular formula is C10H9F5N2O. The summed E-state index contributed by atoms with van der Waals surface area (Å²) in [7, 11) is 0. The Bertz CT molecular complexity index is 463. The number of nitrogens with one attached hydrogen (secondary N) is 1. The predicted molar refractivity (Wildman–Crippen MR) is 53.1 cm³/mol. The van der Waals surface area contributed by atoms with E-state index in [4.69, 9.17) is 5.73 Å². The van der Waals surface area contributed by atoms with Crippen molar-refractivity contribution in [3.63, 3.8) is 0 Å². The fourth-order valence-electron chi connectivity index (χ4n) is 1.12. The zero-order chi connectivity index (χ0) is 14.0. The Morgan fingerprint density at radius 1 is 1.06 bits per heavy atom. The van der Waals surface area contributed by atoms with Crippen molar-refractivity contribution in [2.75, 3.05) is 11.9 Å². The number of hydrogen-bond acceptors (Lipinski definition) is 2. The van der Waals surface area contributed by atoms with Gasteiger partial charge in [-0.05, 0) is 0 Å². The maximum absolute atomic E-state index is 13.2. The molecule has 1 rings (SSSR count). The van der Waals surface area contributed by atoms with Gasteiger partial charge in [0.2, 0.25) is 11.7 Å². The zero-order valence-corrected chi connectivity index (χ0v) is 9.16. The van der Waals surface area contributed by atoms with Crippen molar-refractivity contribution in [1.82, 2.24) is 0 Å². The lowest BCUT2D eigenvalue weighted by atomic mass is 10.1. The van der Waals surface area contributed by atoms with Crippen LogP contribution in [0.4, 0.5) is 27.6 Å². The van der Waals surface area contributed by atoms with Gasteiger partial charge in [-0.25, -0.2) is 22.0 Å². The van der Waals surface area contributed by atoms with Crippen molar-refractivity contribution in [1.29, 1.82) is 0 Å². The standard InChI is InChI=1S/C10H9F5N2O/c1-3(10(16)18)2-17-9-7(14)5(12)4(11)6(13)8(9)15/h3,17H,2H2,1H3,(H2,16,18). The normalized spacial score (nSPS) is 12.3. The Balaban J connectivity index is 3.07. The molecule has 0 heterocycles. The minimum Gasteiger partial charge on any atom is -0.379 e. The van der Waals surface area contributed by atoms with Crippen LogP contribution < -0.4 is 11.1 Å². The molecule has 0 saturated carbocycles. The highest BCUT2D eigenvalue weighted by molar-refractivity contribution is 5.76. The molecule has 0 radical (unpaired) electrons. The fraction of sp³-hybridized carbons (Fsp3) is 0.300. The second-order valence-corrected chi connectivity index (χ2v) is 3.63. The number of carbonyl (C=O) groups is 1. The van der Waals surface area contributed by atoms with Crippen molar-refractivity contribution < 1.29 is 26.7 Å². The van der Waals surface area contributed by atoms with Crippen LogP contribution in [0.15, 0.2) is 0 Å². The Labute approximate surface area is 98.8 Å². The van der Waals surface area contributed by atoms with Gasteiger partial charge >= 0.3 is 0 Å². The first-order valence-electron chi connectivity index (χ1n) is 4.82. The SMILES string of the molecule is CC(CNc1c(F)c(F)c(F)c(F)c1F)C(N)=O. The topological polar surface area (TPSA) is 55.1 Å². The number of hydrogen-bond donors (Lipinski definition) is 2. The molecule has 0 aromatic heterocycles. The molecule has 0 aliphatic carbocycles. The molecular weight excluding hydrogens is 259 g/mol. The summed E-state index contributed by atoms with van der Waals surface area (Å²) < 4.78 is 64.6. The van der Waals surface area contributed by atoms with Gasteiger partial charge in [0.05, 0.1) is 5.92 Å². The minimum absolute atomic E-state index is 0.353. The van der Waals surface area contributed by atoms with Gasteiger partial charge in [-0.1, -0.05) is 6.92 Å². The number of nitrogens with two attached hydrogens (primary N) is 1. The summed E-state index contributed by atoms with van der Waals surface area (Å²) in [5, 5.41) is 1.97. The Morgan fingerprint density at radius 2 is 1.44 bits per heavy atom. The van der Waals surface area contributed by atoms with Crippen molar-refractivity contribution in [3.05, 3.63) is 29.1 Å². The van der Waals surface area contributed by atoms with Crippen LogP contribution in [-0.2, 0) is 4.79 Å². The Morgan fingerprint density at radius 3 is 1.83 bits per heavy atom. The Hall–Kier alpha value is -1.86. The molecule has 1 aromatic carbocycles. The number of primary amides is 1. The van der Waals surface area contributed by atoms with E-state index in [1.807, 2.05) is 5.32 Å². The number of halogens is 5. The second-order valence-electron chi connectivity index (χ2n) is 3.63. The maximum Gasteiger partial charge on any atom is 0.222 e. The van der Waals surface area contributed by atoms with Crippen LogP contribution in [0.1, 0.15) is 6.92 Å². The van der Waals surface area contributed by atoms with E-state index >= 15 is 0 Å². The zero-order valence-electron chi connectivity index (χ0n) is 9.16. The lowest BCUT2D eigenvalue weighted by Gasteiger charge is -2.13. The molecule has 18 heavy (non-hydrogen) atoms. The van der Waals surface area contributed by atoms with Crippen LogP contribution in [-0.4, -0.2) is 12.5 Å². The summed E-state index contributed by atoms with van der Waals surface area (Å²) in [5.74, 6) is -11.9. The fourth-order valence-corrected chi connectivity index (χ4v) is 1.12. The highest BCUT2D eigenvalue weighted by Crippen LogP contribution is 2.27. The molecule has 3 nitrogen and oxygen atoms in total. The molecule has 0 aliphatic heterocycles. The molecule has 0 bridgehead atoms. The highest BCUT2D eigenvalue weighted by atomic mass is 19.2. The molecule has 1 amide bonds. The quantitative estimate of drug-likeness (QED) is 0.498. The molecule has 1 aromatic rings. The summed E-state index contributed by atoms with van der Waals surface area (Å²) in [6.07, 6.45) is 0. The van der Waals surface area contributed by atoms with Crippen molar-refractivity contribution in [2.24, 2.45) is 11.7 Å². The second kappa shape index (κ2) is 5.19. The first kappa shape index (κ1) is 14.2. The number of rotatable bonds is 4. The third kappa shape index (κ3) is 2.52. The summed E-state index contributed by atoms with van der Waals surface area (Å²) in [6, 6.07) is 0. The van der Waals surface area contributed by atoms with Gasteiger partial charge in [-0.3, -0.25) is 4.79 Å². The van der Waals surface area contributed by atoms with E-state index in [0.29, 0.717) is 0 Å². The third-order valence-electron chi connectivity index (χ3n) is 2.28. The largest absolute Gasteiger partial charge is 0.379 e. The summed E-state index contributed by atoms with van der Waals surface area (Å²) in [4.78, 5) is 10.7. The van der Waals surface area contributed by atoms with E-state index in [1.54, 1.807) is 0 Å². The minimum atomic E-state index is -2.24. The first-order valence-corrected chi connectivity index (χ1v) is 4.82. The van der Waals surface area contributed by atoms with Gasteiger partial charge in [0.1, 0.15) is 5.69 Å². The van der Waals surface area contributed by atoms with Gasteiger partial charge in [0.15, 0.2) is 23.3 Å². The van der Waals surface area contributed by atoms with E-state index < -0.39 is 46.6 Å². The highest BCUT2D eigenvalue weighted by Gasteiger charge is 2.26. The smallest absolute Gasteiger partial charge is 0.222 e. The van der Waals surface area contributed by atoms with Crippen molar-refractivity contribution in [3.8, 4) is 0 Å². The van der Waals surface area contributed by atoms with Crippen LogP contribution in [0.3, 0.4) is 0 Å². The van der Waals surface area contributed by atoms with Crippen LogP contribution in [0.25, 0.3) is 0 Å². The predicted octanol–water partition coefficient (Wildman–Crippen LogP) is 1.92. The van der Waals surface area contributed by atoms with Gasteiger partial charge in [0, 0.05) is 6.54 Å². The number of benzene rings is 1. The molecule has 0 saturated heterocycles. The summed E-state index contributed by atoms with van der Waals surface area (Å²) >= 11 is 0. The maximum atomic E-state index is 13.2. The van der Waals surface area contributed by atoms with E-state index in [2.05, 4.69) is 0 Å². The van der Waals surface area contributed by atoms with Gasteiger partial charge < -0.3 is 11.1 Å². The van der Waals surface area contributed by atoms with Crippen molar-refractivity contribution in [2.45, 2.75) is 6.92 Å². The van der Waals surface area contributed by atoms with Crippen molar-refractivity contribution >= 4 is 11.6 Å². The molecule has 0 fully saturated rings. The molecule has 100 valence electrons. The number of carbonyl (C=O) groups excluding carboxylic acids is 1. The van der Waals surface area contributed by atoms with E-state index in [0.717, 1.165) is 0 Å². The first-order chi connectivity index (χ1) is 8.27. The Kier molecular flexibility index (Phi) is 4.10. The summed E-state index contributed by atoms with van der Waals surface area (Å²) in [5.41, 5.74) is 3.70.